The largest absolute Gasteiger partial charge is 0.469 e. The third-order valence-electron chi connectivity index (χ3n) is 1.48. The van der Waals surface area contributed by atoms with E-state index in [0.29, 0.717) is 6.54 Å². The van der Waals surface area contributed by atoms with Crippen molar-refractivity contribution in [2.45, 2.75) is 13.3 Å². The van der Waals surface area contributed by atoms with Gasteiger partial charge in [-0.05, 0) is 13.5 Å². The Morgan fingerprint density at radius 1 is 1.70 bits per heavy atom. The molecule has 0 aromatic rings. The van der Waals surface area contributed by atoms with Crippen molar-refractivity contribution in [3.05, 3.63) is 0 Å². The van der Waals surface area contributed by atoms with Crippen molar-refractivity contribution in [3.8, 4) is 0 Å². The first-order valence-electron chi connectivity index (χ1n) is 3.48. The van der Waals surface area contributed by atoms with Gasteiger partial charge in [0.1, 0.15) is 0 Å². The summed E-state index contributed by atoms with van der Waals surface area (Å²) in [6, 6.07) is 0. The highest BCUT2D eigenvalue weighted by Gasteiger charge is 2.14. The van der Waals surface area contributed by atoms with Crippen LogP contribution in [0, 0.1) is 5.92 Å². The van der Waals surface area contributed by atoms with Gasteiger partial charge in [-0.2, -0.15) is 0 Å². The second-order valence-electron chi connectivity index (χ2n) is 2.19. The fourth-order valence-corrected chi connectivity index (χ4v) is 0.807. The molecule has 10 heavy (non-hydrogen) atoms. The van der Waals surface area contributed by atoms with E-state index in [2.05, 4.69) is 10.1 Å². The van der Waals surface area contributed by atoms with Gasteiger partial charge in [-0.3, -0.25) is 4.79 Å². The molecule has 3 heteroatoms. The summed E-state index contributed by atoms with van der Waals surface area (Å²) in [6.45, 7) is 2.67. The number of nitrogens with one attached hydrogen (secondary N) is 1. The average Bonchev–Trinajstić information content (AvgIpc) is 1.99. The lowest BCUT2D eigenvalue weighted by molar-refractivity contribution is -0.145. The maximum atomic E-state index is 10.9. The van der Waals surface area contributed by atoms with Gasteiger partial charge in [0.05, 0.1) is 13.0 Å². The van der Waals surface area contributed by atoms with Crippen LogP contribution < -0.4 is 5.32 Å². The molecule has 3 nitrogen and oxygen atoms in total. The minimum Gasteiger partial charge on any atom is -0.469 e. The summed E-state index contributed by atoms with van der Waals surface area (Å²) in [5, 5.41) is 2.93. The highest BCUT2D eigenvalue weighted by Crippen LogP contribution is 2.01. The molecule has 0 aliphatic rings. The quantitative estimate of drug-likeness (QED) is 0.582. The standard InChI is InChI=1S/C7H15NO2/c1-4-6(5-8-2)7(9)10-3/h6,8H,4-5H2,1-3H3/t6-/m1/s1. The Balaban J connectivity index is 3.68. The van der Waals surface area contributed by atoms with Crippen LogP contribution in [-0.4, -0.2) is 26.7 Å². The Hall–Kier alpha value is -0.570. The Labute approximate surface area is 61.8 Å². The van der Waals surface area contributed by atoms with E-state index >= 15 is 0 Å². The van der Waals surface area contributed by atoms with Gasteiger partial charge in [0.25, 0.3) is 0 Å². The lowest BCUT2D eigenvalue weighted by Crippen LogP contribution is -2.26. The number of hydrogen-bond donors (Lipinski definition) is 1. The third-order valence-corrected chi connectivity index (χ3v) is 1.48. The Morgan fingerprint density at radius 3 is 2.60 bits per heavy atom. The highest BCUT2D eigenvalue weighted by molar-refractivity contribution is 5.72. The first-order valence-corrected chi connectivity index (χ1v) is 3.48. The van der Waals surface area contributed by atoms with Crippen molar-refractivity contribution in [1.29, 1.82) is 0 Å². The molecule has 0 aromatic carbocycles. The molecule has 0 saturated heterocycles. The van der Waals surface area contributed by atoms with Crippen LogP contribution in [0.3, 0.4) is 0 Å². The highest BCUT2D eigenvalue weighted by atomic mass is 16.5. The van der Waals surface area contributed by atoms with Crippen molar-refractivity contribution in [3.63, 3.8) is 0 Å². The predicted octanol–water partition coefficient (Wildman–Crippen LogP) is 0.405. The summed E-state index contributed by atoms with van der Waals surface area (Å²) in [6.07, 6.45) is 0.827. The van der Waals surface area contributed by atoms with Crippen LogP contribution >= 0.6 is 0 Å². The smallest absolute Gasteiger partial charge is 0.309 e. The molecule has 0 rings (SSSR count). The molecule has 0 bridgehead atoms. The second kappa shape index (κ2) is 5.23. The summed E-state index contributed by atoms with van der Waals surface area (Å²) < 4.78 is 4.58. The number of carbonyl (C=O) groups is 1. The van der Waals surface area contributed by atoms with Gasteiger partial charge in [-0.25, -0.2) is 0 Å². The zero-order valence-corrected chi connectivity index (χ0v) is 6.81. The fourth-order valence-electron chi connectivity index (χ4n) is 0.807. The zero-order chi connectivity index (χ0) is 7.98. The maximum Gasteiger partial charge on any atom is 0.309 e. The molecular weight excluding hydrogens is 130 g/mol. The number of carbonyl (C=O) groups excluding carboxylic acids is 1. The van der Waals surface area contributed by atoms with Crippen molar-refractivity contribution in [2.24, 2.45) is 5.92 Å². The minimum absolute atomic E-state index is 0.00926. The van der Waals surface area contributed by atoms with Gasteiger partial charge in [0.15, 0.2) is 0 Å². The molecule has 0 spiro atoms. The summed E-state index contributed by atoms with van der Waals surface area (Å²) in [7, 11) is 3.24. The van der Waals surface area contributed by atoms with Crippen LogP contribution in [0.5, 0.6) is 0 Å². The van der Waals surface area contributed by atoms with E-state index < -0.39 is 0 Å². The SMILES string of the molecule is CC[C@H](CNC)C(=O)OC. The number of rotatable bonds is 4. The Morgan fingerprint density at radius 2 is 2.30 bits per heavy atom. The average molecular weight is 145 g/mol. The van der Waals surface area contributed by atoms with Gasteiger partial charge in [-0.15, -0.1) is 0 Å². The van der Waals surface area contributed by atoms with Crippen LogP contribution in [0.15, 0.2) is 0 Å². The van der Waals surface area contributed by atoms with E-state index in [1.807, 2.05) is 14.0 Å². The van der Waals surface area contributed by atoms with Crippen molar-refractivity contribution >= 4 is 5.97 Å². The van der Waals surface area contributed by atoms with Crippen LogP contribution in [0.2, 0.25) is 0 Å². The van der Waals surface area contributed by atoms with Crippen molar-refractivity contribution in [1.82, 2.24) is 5.32 Å². The number of esters is 1. The molecule has 0 aliphatic heterocycles. The van der Waals surface area contributed by atoms with E-state index in [4.69, 9.17) is 0 Å². The van der Waals surface area contributed by atoms with Crippen LogP contribution in [0.1, 0.15) is 13.3 Å². The van der Waals surface area contributed by atoms with E-state index in [1.54, 1.807) is 0 Å². The van der Waals surface area contributed by atoms with Gasteiger partial charge < -0.3 is 10.1 Å². The van der Waals surface area contributed by atoms with Gasteiger partial charge in [0, 0.05) is 6.54 Å². The molecule has 60 valence electrons. The summed E-state index contributed by atoms with van der Waals surface area (Å²) in [5.41, 5.74) is 0. The van der Waals surface area contributed by atoms with Crippen LogP contribution in [-0.2, 0) is 9.53 Å². The first kappa shape index (κ1) is 9.43. The first-order chi connectivity index (χ1) is 4.76. The molecule has 1 N–H and O–H groups in total. The Kier molecular flexibility index (Phi) is 4.94. The molecule has 1 atom stereocenters. The van der Waals surface area contributed by atoms with Crippen LogP contribution in [0.4, 0.5) is 0 Å². The number of methoxy groups -OCH3 is 1. The molecule has 0 amide bonds. The van der Waals surface area contributed by atoms with Crippen molar-refractivity contribution in [2.75, 3.05) is 20.7 Å². The summed E-state index contributed by atoms with van der Waals surface area (Å²) in [4.78, 5) is 10.9. The molecule has 0 fully saturated rings. The zero-order valence-electron chi connectivity index (χ0n) is 6.81. The van der Waals surface area contributed by atoms with E-state index in [1.165, 1.54) is 7.11 Å². The van der Waals surface area contributed by atoms with Crippen LogP contribution in [0.25, 0.3) is 0 Å². The topological polar surface area (TPSA) is 38.3 Å². The second-order valence-corrected chi connectivity index (χ2v) is 2.19. The van der Waals surface area contributed by atoms with E-state index in [9.17, 15) is 4.79 Å². The maximum absolute atomic E-state index is 10.9. The number of hydrogen-bond acceptors (Lipinski definition) is 3. The molecule has 0 heterocycles. The minimum atomic E-state index is -0.128. The monoisotopic (exact) mass is 145 g/mol. The lowest BCUT2D eigenvalue weighted by atomic mass is 10.1. The molecule has 0 unspecified atom stereocenters. The van der Waals surface area contributed by atoms with E-state index in [0.717, 1.165) is 6.42 Å². The molecule has 0 radical (unpaired) electrons. The molecular formula is C7H15NO2. The van der Waals surface area contributed by atoms with E-state index in [-0.39, 0.29) is 11.9 Å². The normalized spacial score (nSPS) is 12.7. The Bertz CT molecular complexity index is 104. The summed E-state index contributed by atoms with van der Waals surface area (Å²) >= 11 is 0. The lowest BCUT2D eigenvalue weighted by Gasteiger charge is -2.10. The number of ether oxygens (including phenoxy) is 1. The fraction of sp³-hybridized carbons (Fsp3) is 0.857. The summed E-state index contributed by atoms with van der Waals surface area (Å²) in [5.74, 6) is -0.119. The van der Waals surface area contributed by atoms with Gasteiger partial charge in [-0.1, -0.05) is 6.92 Å². The van der Waals surface area contributed by atoms with Gasteiger partial charge in [0.2, 0.25) is 0 Å². The molecule has 0 aromatic heterocycles. The van der Waals surface area contributed by atoms with Crippen molar-refractivity contribution < 1.29 is 9.53 Å². The molecule has 0 saturated carbocycles. The molecule has 0 aliphatic carbocycles. The predicted molar refractivity (Wildman–Crippen MR) is 39.7 cm³/mol. The third kappa shape index (κ3) is 2.82. The van der Waals surface area contributed by atoms with Gasteiger partial charge >= 0.3 is 5.97 Å².